The van der Waals surface area contributed by atoms with Gasteiger partial charge in [0.15, 0.2) is 0 Å². The van der Waals surface area contributed by atoms with Gasteiger partial charge in [-0.3, -0.25) is 9.78 Å². The molecule has 21 heavy (non-hydrogen) atoms. The van der Waals surface area contributed by atoms with E-state index in [1.165, 1.54) is 0 Å². The first-order valence-corrected chi connectivity index (χ1v) is 7.07. The predicted molar refractivity (Wildman–Crippen MR) is 80.7 cm³/mol. The van der Waals surface area contributed by atoms with Crippen LogP contribution >= 0.6 is 23.2 Å². The summed E-state index contributed by atoms with van der Waals surface area (Å²) in [5, 5.41) is 0.830. The van der Waals surface area contributed by atoms with Crippen molar-refractivity contribution in [2.24, 2.45) is 5.73 Å². The zero-order valence-electron chi connectivity index (χ0n) is 10.9. The Balaban J connectivity index is 2.03. The van der Waals surface area contributed by atoms with Crippen LogP contribution < -0.4 is 10.6 Å². The van der Waals surface area contributed by atoms with Gasteiger partial charge in [0, 0.05) is 6.54 Å². The quantitative estimate of drug-likeness (QED) is 0.907. The fraction of sp³-hybridized carbons (Fsp3) is 0.308. The van der Waals surface area contributed by atoms with Crippen LogP contribution in [0.1, 0.15) is 0 Å². The van der Waals surface area contributed by atoms with Gasteiger partial charge in [0.2, 0.25) is 5.91 Å². The molecule has 1 aromatic heterocycles. The molecule has 2 aromatic rings. The van der Waals surface area contributed by atoms with Gasteiger partial charge in [-0.05, 0) is 12.1 Å². The average Bonchev–Trinajstić information content (AvgIpc) is 2.48. The summed E-state index contributed by atoms with van der Waals surface area (Å²) in [7, 11) is 0. The SMILES string of the molecule is NC(=O)[C@H]1COCCN1c1cnc2cc(Cl)c(Cl)cc2n1. The molecular formula is C13H12Cl2N4O2. The molecule has 2 heterocycles. The lowest BCUT2D eigenvalue weighted by Crippen LogP contribution is -2.53. The first-order chi connectivity index (χ1) is 10.1. The van der Waals surface area contributed by atoms with Crippen LogP contribution in [0.4, 0.5) is 5.82 Å². The lowest BCUT2D eigenvalue weighted by Gasteiger charge is -2.34. The zero-order chi connectivity index (χ0) is 15.0. The van der Waals surface area contributed by atoms with Crippen molar-refractivity contribution >= 4 is 46.0 Å². The second-order valence-corrected chi connectivity index (χ2v) is 5.48. The number of carbonyl (C=O) groups is 1. The van der Waals surface area contributed by atoms with Crippen molar-refractivity contribution in [1.82, 2.24) is 9.97 Å². The van der Waals surface area contributed by atoms with Crippen LogP contribution in [0.15, 0.2) is 18.3 Å². The number of hydrogen-bond donors (Lipinski definition) is 1. The molecule has 8 heteroatoms. The molecule has 0 bridgehead atoms. The van der Waals surface area contributed by atoms with Crippen molar-refractivity contribution in [1.29, 1.82) is 0 Å². The van der Waals surface area contributed by atoms with Crippen LogP contribution in [0.5, 0.6) is 0 Å². The van der Waals surface area contributed by atoms with E-state index < -0.39 is 11.9 Å². The minimum Gasteiger partial charge on any atom is -0.377 e. The molecule has 1 saturated heterocycles. The Kier molecular flexibility index (Phi) is 3.84. The van der Waals surface area contributed by atoms with Crippen LogP contribution in [-0.2, 0) is 9.53 Å². The Morgan fingerprint density at radius 3 is 2.76 bits per heavy atom. The average molecular weight is 327 g/mol. The second-order valence-electron chi connectivity index (χ2n) is 4.67. The van der Waals surface area contributed by atoms with Gasteiger partial charge in [0.05, 0.1) is 40.5 Å². The Labute approximate surface area is 130 Å². The number of nitrogens with zero attached hydrogens (tertiary/aromatic N) is 3. The maximum absolute atomic E-state index is 11.5. The molecule has 2 N–H and O–H groups in total. The highest BCUT2D eigenvalue weighted by Gasteiger charge is 2.29. The number of rotatable bonds is 2. The van der Waals surface area contributed by atoms with E-state index in [1.807, 2.05) is 0 Å². The largest absolute Gasteiger partial charge is 0.377 e. The number of carbonyl (C=O) groups excluding carboxylic acids is 1. The fourth-order valence-electron chi connectivity index (χ4n) is 2.25. The monoisotopic (exact) mass is 326 g/mol. The van der Waals surface area contributed by atoms with Crippen LogP contribution in [-0.4, -0.2) is 41.7 Å². The van der Waals surface area contributed by atoms with Crippen LogP contribution in [0.2, 0.25) is 10.0 Å². The summed E-state index contributed by atoms with van der Waals surface area (Å²) >= 11 is 12.0. The van der Waals surface area contributed by atoms with Gasteiger partial charge in [0.1, 0.15) is 11.9 Å². The highest BCUT2D eigenvalue weighted by atomic mass is 35.5. The summed E-state index contributed by atoms with van der Waals surface area (Å²) in [6.45, 7) is 1.27. The van der Waals surface area contributed by atoms with E-state index >= 15 is 0 Å². The number of hydrogen-bond acceptors (Lipinski definition) is 5. The van der Waals surface area contributed by atoms with Gasteiger partial charge < -0.3 is 15.4 Å². The first kappa shape index (κ1) is 14.3. The summed E-state index contributed by atoms with van der Waals surface area (Å²) in [6.07, 6.45) is 1.59. The molecule has 0 spiro atoms. The molecule has 0 radical (unpaired) electrons. The maximum Gasteiger partial charge on any atom is 0.242 e. The van der Waals surface area contributed by atoms with E-state index in [2.05, 4.69) is 9.97 Å². The number of amides is 1. The Morgan fingerprint density at radius 1 is 1.33 bits per heavy atom. The molecule has 6 nitrogen and oxygen atoms in total. The number of nitrogens with two attached hydrogens (primary N) is 1. The summed E-state index contributed by atoms with van der Waals surface area (Å²) in [6, 6.07) is 2.75. The normalized spacial score (nSPS) is 19.0. The molecule has 1 aliphatic heterocycles. The Bertz CT molecular complexity index is 710. The summed E-state index contributed by atoms with van der Waals surface area (Å²) in [5.74, 6) is 0.110. The van der Waals surface area contributed by atoms with Gasteiger partial charge in [-0.15, -0.1) is 0 Å². The van der Waals surface area contributed by atoms with Crippen molar-refractivity contribution in [3.8, 4) is 0 Å². The summed E-state index contributed by atoms with van der Waals surface area (Å²) in [4.78, 5) is 22.1. The fourth-order valence-corrected chi connectivity index (χ4v) is 2.57. The summed E-state index contributed by atoms with van der Waals surface area (Å²) < 4.78 is 5.29. The Morgan fingerprint density at radius 2 is 2.05 bits per heavy atom. The first-order valence-electron chi connectivity index (χ1n) is 6.32. The molecule has 0 unspecified atom stereocenters. The zero-order valence-corrected chi connectivity index (χ0v) is 12.4. The van der Waals surface area contributed by atoms with Crippen molar-refractivity contribution in [3.63, 3.8) is 0 Å². The molecule has 1 aromatic carbocycles. The third-order valence-corrected chi connectivity index (χ3v) is 4.04. The van der Waals surface area contributed by atoms with Crippen LogP contribution in [0, 0.1) is 0 Å². The summed E-state index contributed by atoms with van der Waals surface area (Å²) in [5.41, 5.74) is 6.65. The van der Waals surface area contributed by atoms with Crippen molar-refractivity contribution in [2.75, 3.05) is 24.7 Å². The van der Waals surface area contributed by atoms with Gasteiger partial charge in [-0.1, -0.05) is 23.2 Å². The van der Waals surface area contributed by atoms with Gasteiger partial charge in [-0.2, -0.15) is 0 Å². The maximum atomic E-state index is 11.5. The number of fused-ring (bicyclic) bond motifs is 1. The molecule has 1 aliphatic rings. The van der Waals surface area contributed by atoms with Crippen molar-refractivity contribution < 1.29 is 9.53 Å². The second kappa shape index (κ2) is 5.63. The van der Waals surface area contributed by atoms with Gasteiger partial charge in [-0.25, -0.2) is 4.98 Å². The van der Waals surface area contributed by atoms with E-state index in [0.717, 1.165) is 0 Å². The van der Waals surface area contributed by atoms with Crippen LogP contribution in [0.25, 0.3) is 11.0 Å². The Hall–Kier alpha value is -1.63. The van der Waals surface area contributed by atoms with E-state index in [0.29, 0.717) is 40.0 Å². The topological polar surface area (TPSA) is 81.3 Å². The highest BCUT2D eigenvalue weighted by Crippen LogP contribution is 2.27. The number of aromatic nitrogens is 2. The minimum absolute atomic E-state index is 0.246. The van der Waals surface area contributed by atoms with E-state index in [9.17, 15) is 4.79 Å². The standard InChI is InChI=1S/C13H12Cl2N4O2/c14-7-3-9-10(4-8(7)15)18-12(5-17-9)19-1-2-21-6-11(19)13(16)20/h3-5,11H,1-2,6H2,(H2,16,20)/t11-/m1/s1. The lowest BCUT2D eigenvalue weighted by molar-refractivity contribution is -0.121. The van der Waals surface area contributed by atoms with Crippen LogP contribution in [0.3, 0.4) is 0 Å². The van der Waals surface area contributed by atoms with E-state index in [1.54, 1.807) is 23.2 Å². The van der Waals surface area contributed by atoms with Gasteiger partial charge >= 0.3 is 0 Å². The smallest absolute Gasteiger partial charge is 0.242 e. The molecule has 3 rings (SSSR count). The molecule has 110 valence electrons. The highest BCUT2D eigenvalue weighted by molar-refractivity contribution is 6.42. The molecule has 0 aliphatic carbocycles. The molecule has 1 fully saturated rings. The van der Waals surface area contributed by atoms with E-state index in [-0.39, 0.29) is 6.61 Å². The number of benzene rings is 1. The third kappa shape index (κ3) is 2.74. The van der Waals surface area contributed by atoms with Crippen molar-refractivity contribution in [3.05, 3.63) is 28.4 Å². The molecule has 0 saturated carbocycles. The number of anilines is 1. The minimum atomic E-state index is -0.548. The molecule has 1 atom stereocenters. The predicted octanol–water partition coefficient (Wildman–Crippen LogP) is 1.63. The number of primary amides is 1. The number of morpholine rings is 1. The third-order valence-electron chi connectivity index (χ3n) is 3.32. The number of halogens is 2. The molecular weight excluding hydrogens is 315 g/mol. The number of ether oxygens (including phenoxy) is 1. The lowest BCUT2D eigenvalue weighted by atomic mass is 10.2. The van der Waals surface area contributed by atoms with Crippen molar-refractivity contribution in [2.45, 2.75) is 6.04 Å². The van der Waals surface area contributed by atoms with E-state index in [4.69, 9.17) is 33.7 Å². The molecule has 1 amide bonds. The van der Waals surface area contributed by atoms with Gasteiger partial charge in [0.25, 0.3) is 0 Å².